The highest BCUT2D eigenvalue weighted by atomic mass is 32.1. The van der Waals surface area contributed by atoms with Crippen LogP contribution in [0.5, 0.6) is 5.75 Å². The van der Waals surface area contributed by atoms with Crippen molar-refractivity contribution in [3.63, 3.8) is 0 Å². The van der Waals surface area contributed by atoms with Gasteiger partial charge in [0.15, 0.2) is 0 Å². The number of aromatic nitrogens is 2. The minimum absolute atomic E-state index is 0.110. The van der Waals surface area contributed by atoms with Crippen LogP contribution in [-0.4, -0.2) is 22.6 Å². The molecule has 32 heavy (non-hydrogen) atoms. The van der Waals surface area contributed by atoms with E-state index in [1.807, 2.05) is 72.8 Å². The molecule has 7 heteroatoms. The Morgan fingerprint density at radius 1 is 1.06 bits per heavy atom. The fourth-order valence-corrected chi connectivity index (χ4v) is 4.70. The Hall–Kier alpha value is -3.97. The second-order valence-corrected chi connectivity index (χ2v) is 8.36. The molecule has 1 N–H and O–H groups in total. The van der Waals surface area contributed by atoms with Gasteiger partial charge in [-0.05, 0) is 47.3 Å². The van der Waals surface area contributed by atoms with Gasteiger partial charge < -0.3 is 10.1 Å². The summed E-state index contributed by atoms with van der Waals surface area (Å²) < 4.78 is 7.07. The Morgan fingerprint density at radius 3 is 2.66 bits per heavy atom. The van der Waals surface area contributed by atoms with Gasteiger partial charge in [-0.25, -0.2) is 4.98 Å². The second-order valence-electron chi connectivity index (χ2n) is 7.31. The summed E-state index contributed by atoms with van der Waals surface area (Å²) in [5.74, 6) is 0.490. The second kappa shape index (κ2) is 8.28. The number of carbonyl (C=O) groups excluding carboxylic acids is 1. The molecule has 2 heterocycles. The third-order valence-electron chi connectivity index (χ3n) is 5.26. The summed E-state index contributed by atoms with van der Waals surface area (Å²) in [6.45, 7) is -0.110. The molecule has 0 spiro atoms. The SMILES string of the molecule is COc1ccc(-c2cc3ncn(CC(=O)Nc4cccc5ccccc45)c(=O)c3s2)cc1. The maximum atomic E-state index is 13.0. The van der Waals surface area contributed by atoms with Crippen LogP contribution in [0.1, 0.15) is 0 Å². The van der Waals surface area contributed by atoms with Crippen LogP contribution in [-0.2, 0) is 11.3 Å². The van der Waals surface area contributed by atoms with E-state index in [1.54, 1.807) is 7.11 Å². The largest absolute Gasteiger partial charge is 0.497 e. The molecule has 0 saturated carbocycles. The number of amides is 1. The number of thiophene rings is 1. The number of hydrogen-bond donors (Lipinski definition) is 1. The van der Waals surface area contributed by atoms with Gasteiger partial charge in [-0.2, -0.15) is 0 Å². The maximum absolute atomic E-state index is 13.0. The summed E-state index contributed by atoms with van der Waals surface area (Å²) in [6, 6.07) is 23.1. The summed E-state index contributed by atoms with van der Waals surface area (Å²) in [6.07, 6.45) is 1.43. The molecule has 0 fully saturated rings. The van der Waals surface area contributed by atoms with Crippen LogP contribution in [0.25, 0.3) is 31.4 Å². The van der Waals surface area contributed by atoms with Crippen LogP contribution < -0.4 is 15.6 Å². The molecule has 0 unspecified atom stereocenters. The van der Waals surface area contributed by atoms with Gasteiger partial charge in [0.1, 0.15) is 17.0 Å². The zero-order valence-corrected chi connectivity index (χ0v) is 18.1. The molecule has 0 aliphatic carbocycles. The first kappa shape index (κ1) is 20.0. The lowest BCUT2D eigenvalue weighted by Crippen LogP contribution is -2.27. The number of benzene rings is 3. The quantitative estimate of drug-likeness (QED) is 0.420. The molecule has 1 amide bonds. The van der Waals surface area contributed by atoms with Gasteiger partial charge in [-0.3, -0.25) is 14.2 Å². The van der Waals surface area contributed by atoms with E-state index in [0.29, 0.717) is 15.9 Å². The van der Waals surface area contributed by atoms with E-state index < -0.39 is 0 Å². The van der Waals surface area contributed by atoms with Gasteiger partial charge in [0.2, 0.25) is 5.91 Å². The number of carbonyl (C=O) groups is 1. The highest BCUT2D eigenvalue weighted by Crippen LogP contribution is 2.31. The minimum Gasteiger partial charge on any atom is -0.497 e. The van der Waals surface area contributed by atoms with E-state index in [9.17, 15) is 9.59 Å². The Kier molecular flexibility index (Phi) is 5.17. The summed E-state index contributed by atoms with van der Waals surface area (Å²) in [4.78, 5) is 31.0. The molecule has 3 aromatic carbocycles. The van der Waals surface area contributed by atoms with Crippen molar-refractivity contribution < 1.29 is 9.53 Å². The molecule has 5 aromatic rings. The molecule has 0 saturated heterocycles. The first-order valence-electron chi connectivity index (χ1n) is 10.0. The van der Waals surface area contributed by atoms with Crippen molar-refractivity contribution in [1.29, 1.82) is 0 Å². The van der Waals surface area contributed by atoms with Gasteiger partial charge in [0, 0.05) is 16.0 Å². The number of anilines is 1. The molecular formula is C25H19N3O3S. The number of ether oxygens (including phenoxy) is 1. The predicted molar refractivity (Wildman–Crippen MR) is 128 cm³/mol. The van der Waals surface area contributed by atoms with Crippen molar-refractivity contribution in [1.82, 2.24) is 9.55 Å². The van der Waals surface area contributed by atoms with E-state index in [1.165, 1.54) is 22.2 Å². The lowest BCUT2D eigenvalue weighted by atomic mass is 10.1. The zero-order chi connectivity index (χ0) is 22.1. The average molecular weight is 442 g/mol. The number of rotatable bonds is 5. The molecule has 0 atom stereocenters. The van der Waals surface area contributed by atoms with Gasteiger partial charge in [0.05, 0.1) is 19.0 Å². The van der Waals surface area contributed by atoms with E-state index in [-0.39, 0.29) is 18.0 Å². The molecule has 0 radical (unpaired) electrons. The lowest BCUT2D eigenvalue weighted by Gasteiger charge is -2.09. The first-order chi connectivity index (χ1) is 15.6. The molecular weight excluding hydrogens is 422 g/mol. The van der Waals surface area contributed by atoms with Crippen LogP contribution >= 0.6 is 11.3 Å². The Balaban J connectivity index is 1.41. The Labute approximate surface area is 187 Å². The van der Waals surface area contributed by atoms with Crippen molar-refractivity contribution >= 4 is 43.9 Å². The van der Waals surface area contributed by atoms with Gasteiger partial charge in [0.25, 0.3) is 5.56 Å². The molecule has 158 valence electrons. The van der Waals surface area contributed by atoms with Crippen LogP contribution in [0, 0.1) is 0 Å². The van der Waals surface area contributed by atoms with E-state index in [0.717, 1.165) is 27.0 Å². The first-order valence-corrected chi connectivity index (χ1v) is 10.8. The summed E-state index contributed by atoms with van der Waals surface area (Å²) >= 11 is 1.37. The standard InChI is InChI=1S/C25H19N3O3S/c1-31-18-11-9-17(10-12-18)22-13-21-24(32-22)25(30)28(15-26-21)14-23(29)27-20-8-4-6-16-5-2-3-7-19(16)20/h2-13,15H,14H2,1H3,(H,27,29). The molecule has 5 rings (SSSR count). The lowest BCUT2D eigenvalue weighted by molar-refractivity contribution is -0.116. The number of methoxy groups -OCH3 is 1. The maximum Gasteiger partial charge on any atom is 0.271 e. The predicted octanol–water partition coefficient (Wildman–Crippen LogP) is 4.93. The Bertz CT molecular complexity index is 1500. The fraction of sp³-hybridized carbons (Fsp3) is 0.0800. The van der Waals surface area contributed by atoms with Crippen LogP contribution in [0.4, 0.5) is 5.69 Å². The average Bonchev–Trinajstić information content (AvgIpc) is 3.26. The van der Waals surface area contributed by atoms with Crippen molar-refractivity contribution in [3.8, 4) is 16.2 Å². The van der Waals surface area contributed by atoms with E-state index >= 15 is 0 Å². The number of fused-ring (bicyclic) bond motifs is 2. The fourth-order valence-electron chi connectivity index (χ4n) is 3.63. The smallest absolute Gasteiger partial charge is 0.271 e. The van der Waals surface area contributed by atoms with Crippen molar-refractivity contribution in [2.45, 2.75) is 6.54 Å². The monoisotopic (exact) mass is 441 g/mol. The third-order valence-corrected chi connectivity index (χ3v) is 6.42. The normalized spacial score (nSPS) is 11.0. The van der Waals surface area contributed by atoms with Crippen molar-refractivity contribution in [2.75, 3.05) is 12.4 Å². The van der Waals surface area contributed by atoms with Crippen molar-refractivity contribution in [3.05, 3.63) is 89.5 Å². The minimum atomic E-state index is -0.281. The summed E-state index contributed by atoms with van der Waals surface area (Å²) in [5, 5.41) is 4.90. The van der Waals surface area contributed by atoms with Gasteiger partial charge >= 0.3 is 0 Å². The molecule has 0 bridgehead atoms. The van der Waals surface area contributed by atoms with E-state index in [4.69, 9.17) is 4.74 Å². The van der Waals surface area contributed by atoms with Gasteiger partial charge in [-0.15, -0.1) is 11.3 Å². The van der Waals surface area contributed by atoms with Crippen LogP contribution in [0.15, 0.2) is 83.9 Å². The van der Waals surface area contributed by atoms with Crippen LogP contribution in [0.3, 0.4) is 0 Å². The number of nitrogens with one attached hydrogen (secondary N) is 1. The number of nitrogens with zero attached hydrogens (tertiary/aromatic N) is 2. The summed E-state index contributed by atoms with van der Waals surface area (Å²) in [7, 11) is 1.62. The third kappa shape index (κ3) is 3.74. The summed E-state index contributed by atoms with van der Waals surface area (Å²) in [5.41, 5.74) is 2.09. The topological polar surface area (TPSA) is 73.2 Å². The highest BCUT2D eigenvalue weighted by molar-refractivity contribution is 7.22. The molecule has 0 aliphatic rings. The van der Waals surface area contributed by atoms with Crippen LogP contribution in [0.2, 0.25) is 0 Å². The van der Waals surface area contributed by atoms with Crippen molar-refractivity contribution in [2.24, 2.45) is 0 Å². The Morgan fingerprint density at radius 2 is 1.84 bits per heavy atom. The molecule has 0 aliphatic heterocycles. The molecule has 2 aromatic heterocycles. The highest BCUT2D eigenvalue weighted by Gasteiger charge is 2.13. The zero-order valence-electron chi connectivity index (χ0n) is 17.2. The number of hydrogen-bond acceptors (Lipinski definition) is 5. The molecule has 6 nitrogen and oxygen atoms in total. The van der Waals surface area contributed by atoms with E-state index in [2.05, 4.69) is 10.3 Å². The van der Waals surface area contributed by atoms with Gasteiger partial charge in [-0.1, -0.05) is 36.4 Å².